The number of carboxylic acids is 3. The van der Waals surface area contributed by atoms with Crippen LogP contribution in [0.15, 0.2) is 24.4 Å². The van der Waals surface area contributed by atoms with Crippen molar-refractivity contribution < 1.29 is 170 Å². The number of carboxylic acid groups (broad SMARTS) is 3. The summed E-state index contributed by atoms with van der Waals surface area (Å²) in [6, 6.07) is 6.09. The van der Waals surface area contributed by atoms with Gasteiger partial charge in [0.2, 0.25) is 0 Å². The van der Waals surface area contributed by atoms with E-state index in [4.69, 9.17) is 108 Å². The molecule has 810 valence electrons. The van der Waals surface area contributed by atoms with E-state index in [-0.39, 0.29) is 87.4 Å². The number of nitrogens with two attached hydrogens (primary N) is 1. The van der Waals surface area contributed by atoms with Crippen molar-refractivity contribution in [1.29, 1.82) is 0 Å². The monoisotopic (exact) mass is 2010 g/mol. The SMILES string of the molecule is CC(C)CC(=O)O.CC(C)CC(O)CC(=O)O.CC(C)CCCC(O)(P(=O)(O)O)P(=O)(O)O.CC(C)CCOCCOCCOCCOCCOCCOCCOCCN.CC(C)CCS(=O)O.CC(C)CCc1ccccn1.CC(C)OCC(=O)O.CC(C)[C@@H](O)[C@@H](O)[C@H](O)[C@H](O)CCO.CC(C)[C@H](C)CO.CCCCCC(C)C.CCOC(=O)CC(C)C.COC(=O)COC(C)C. The zero-order valence-corrected chi connectivity index (χ0v) is 90.2. The van der Waals surface area contributed by atoms with Crippen LogP contribution in [0.4, 0.5) is 0 Å². The van der Waals surface area contributed by atoms with Gasteiger partial charge in [0.25, 0.3) is 5.08 Å². The Morgan fingerprint density at radius 1 is 0.463 bits per heavy atom. The van der Waals surface area contributed by atoms with Crippen LogP contribution in [0, 0.1) is 65.1 Å². The smallest absolute Gasteiger partial charge is 0.369 e. The van der Waals surface area contributed by atoms with E-state index in [1.165, 1.54) is 44.9 Å². The summed E-state index contributed by atoms with van der Waals surface area (Å²) in [7, 11) is -9.21. The number of pyridine rings is 1. The number of ether oxygens (including phenoxy) is 11. The third kappa shape index (κ3) is 134. The van der Waals surface area contributed by atoms with Crippen molar-refractivity contribution in [3.05, 3.63) is 30.1 Å². The van der Waals surface area contributed by atoms with Crippen LogP contribution in [0.3, 0.4) is 0 Å². The number of hydrogen-bond donors (Lipinski definition) is 17. The van der Waals surface area contributed by atoms with Gasteiger partial charge in [0, 0.05) is 56.9 Å². The average molecular weight is 2010 g/mol. The van der Waals surface area contributed by atoms with E-state index >= 15 is 0 Å². The molecule has 40 heteroatoms. The molecule has 0 aliphatic rings. The summed E-state index contributed by atoms with van der Waals surface area (Å²) in [5, 5.41) is 94.0. The highest BCUT2D eigenvalue weighted by Gasteiger charge is 2.58. The lowest BCUT2D eigenvalue weighted by atomic mass is 9.94. The molecule has 37 nitrogen and oxygen atoms in total. The fourth-order valence-electron chi connectivity index (χ4n) is 8.76. The molecule has 18 N–H and O–H groups in total. The lowest BCUT2D eigenvalue weighted by Crippen LogP contribution is -2.46. The summed E-state index contributed by atoms with van der Waals surface area (Å²) in [5.74, 6) is 2.44. The highest BCUT2D eigenvalue weighted by Crippen LogP contribution is 2.69. The normalized spacial score (nSPS) is 12.8. The first-order chi connectivity index (χ1) is 62.1. The van der Waals surface area contributed by atoms with Crippen LogP contribution < -0.4 is 5.73 Å². The Morgan fingerprint density at radius 3 is 1.13 bits per heavy atom. The number of aliphatic carboxylic acids is 3. The van der Waals surface area contributed by atoms with Gasteiger partial charge in [-0.3, -0.25) is 28.5 Å². The molecule has 0 amide bonds. The molecule has 2 unspecified atom stereocenters. The molecule has 0 saturated heterocycles. The zero-order chi connectivity index (χ0) is 106. The summed E-state index contributed by atoms with van der Waals surface area (Å²) in [6.07, 6.45) is 7.24. The number of methoxy groups -OCH3 is 1. The first-order valence-corrected chi connectivity index (χ1v) is 51.9. The number of aromatic nitrogens is 1. The summed E-state index contributed by atoms with van der Waals surface area (Å²) < 4.78 is 96.5. The minimum Gasteiger partial charge on any atom is -0.481 e. The molecule has 0 saturated carbocycles. The van der Waals surface area contributed by atoms with Crippen LogP contribution in [0.5, 0.6) is 0 Å². The molecule has 0 aliphatic carbocycles. The van der Waals surface area contributed by atoms with Gasteiger partial charge in [-0.05, 0) is 163 Å². The molecule has 1 rings (SSSR count). The highest BCUT2D eigenvalue weighted by atomic mass is 32.2. The molecule has 1 aromatic heterocycles. The Labute approximate surface area is 810 Å². The Morgan fingerprint density at radius 2 is 0.866 bits per heavy atom. The Kier molecular flexibility index (Phi) is 120. The van der Waals surface area contributed by atoms with Crippen molar-refractivity contribution in [3.63, 3.8) is 0 Å². The molecule has 0 fully saturated rings. The predicted molar refractivity (Wildman–Crippen MR) is 528 cm³/mol. The summed E-state index contributed by atoms with van der Waals surface area (Å²) in [6.45, 7) is 63.0. The van der Waals surface area contributed by atoms with Gasteiger partial charge in [0.1, 0.15) is 25.4 Å². The zero-order valence-electron chi connectivity index (χ0n) is 87.6. The van der Waals surface area contributed by atoms with E-state index < -0.39 is 86.2 Å². The van der Waals surface area contributed by atoms with Gasteiger partial charge in [-0.1, -0.05) is 190 Å². The summed E-state index contributed by atoms with van der Waals surface area (Å²) in [5.41, 5.74) is 6.51. The van der Waals surface area contributed by atoms with Gasteiger partial charge >= 0.3 is 45.0 Å². The number of hydrogen-bond acceptors (Lipinski definition) is 29. The number of rotatable bonds is 62. The van der Waals surface area contributed by atoms with E-state index in [2.05, 4.69) is 78.1 Å². The molecule has 1 aromatic rings. The lowest BCUT2D eigenvalue weighted by molar-refractivity contribution is -0.147. The van der Waals surface area contributed by atoms with Crippen molar-refractivity contribution in [2.45, 2.75) is 337 Å². The maximum atomic E-state index is 10.9. The van der Waals surface area contributed by atoms with E-state index in [0.717, 1.165) is 37.7 Å². The molecular formula is C94H198N2O35P2S. The minimum atomic E-state index is -5.28. The molecular weight excluding hydrogens is 1810 g/mol. The van der Waals surface area contributed by atoms with Crippen molar-refractivity contribution in [2.24, 2.45) is 70.8 Å². The molecule has 0 radical (unpaired) electrons. The van der Waals surface area contributed by atoms with Crippen LogP contribution in [0.1, 0.15) is 289 Å². The van der Waals surface area contributed by atoms with E-state index in [9.17, 15) is 62.8 Å². The van der Waals surface area contributed by atoms with Gasteiger partial charge in [-0.2, -0.15) is 0 Å². The van der Waals surface area contributed by atoms with Crippen molar-refractivity contribution >= 4 is 56.1 Å². The van der Waals surface area contributed by atoms with Gasteiger partial charge in [0.05, 0.1) is 137 Å². The fraction of sp³-hybridized carbons (Fsp3) is 0.894. The number of carbonyl (C=O) groups excluding carboxylic acids is 2. The van der Waals surface area contributed by atoms with Gasteiger partial charge in [0.15, 0.2) is 11.1 Å². The maximum Gasteiger partial charge on any atom is 0.369 e. The average Bonchev–Trinajstić information content (AvgIpc) is 0.774. The second-order valence-corrected chi connectivity index (χ2v) is 41.0. The van der Waals surface area contributed by atoms with Crippen LogP contribution in [0.25, 0.3) is 0 Å². The topological polar surface area (TPSA) is 601 Å². The lowest BCUT2D eigenvalue weighted by Gasteiger charge is -2.29. The highest BCUT2D eigenvalue weighted by molar-refractivity contribution is 7.79. The number of nitrogens with zero attached hydrogens (tertiary/aromatic N) is 1. The first kappa shape index (κ1) is 153. The number of aryl methyl sites for hydroxylation is 1. The standard InChI is InChI=1S/C19H41NO7.C10H15N.C9H20O5.C8H18.C7H18O7P2.C7H14O3.C7H14O2.C6H12O3.C6H14O.C5H10O3.C5H12O2S.C5H10O2/c1-19(2)3-5-21-7-9-23-11-13-25-15-17-27-18-16-26-14-12-24-10-8-22-6-4-20;1-9(2)6-7-10-5-3-4-8-11-10;1-5(2)7(12)9(14)8(13)6(11)3-4-10;1-4-5-6-7-8(2)3;1-6(2)4-3-5-7(8,15(9,10)11)16(12,13)14;1-5(2)3-6(8)4-7(9)10;1-4-9-7(8)5-6(2)3;1-5(2)9-4-6(7)8-3;1-5(2)6(3)4-7;1-4(2)8-3-5(6)7;1-5(2)3-4-8(6)7;1-4(2)3-5(6)7/h19H,3-18,20H2,1-2H3;3-5,8-9H,6-7H2,1-2H3;5-14H,3-4H2,1-2H3;8H,4-7H2,1-3H3;6,8H,3-5H2,1-2H3,(H2,9,10,11)(H2,12,13,14);5-6,8H,3-4H2,1-2H3,(H,9,10);6H,4-5H2,1-3H3;5H,4H2,1-3H3;5-7H,4H2,1-3H3;4H,3H2,1-2H3,(H,6,7);5H,3-4H2,1-2H3,(H,6,7);4H,3H2,1-2H3,(H,6,7)/t;;6-,7-,8-,9-;;;;;;6-;;;/m..1.....1.../s1. The van der Waals surface area contributed by atoms with Gasteiger partial charge in [-0.15, -0.1) is 0 Å². The van der Waals surface area contributed by atoms with E-state index in [1.54, 1.807) is 27.7 Å². The molecule has 134 heavy (non-hydrogen) atoms. The first-order valence-electron chi connectivity index (χ1n) is 47.4. The van der Waals surface area contributed by atoms with Crippen molar-refractivity contribution in [1.82, 2.24) is 4.98 Å². The molecule has 0 spiro atoms. The van der Waals surface area contributed by atoms with Crippen LogP contribution in [-0.4, -0.2) is 312 Å². The second kappa shape index (κ2) is 105. The van der Waals surface area contributed by atoms with Gasteiger partial charge in [-0.25, -0.2) is 13.8 Å². The quantitative estimate of drug-likeness (QED) is 0.0125. The van der Waals surface area contributed by atoms with Crippen molar-refractivity contribution in [3.8, 4) is 0 Å². The molecule has 0 aromatic carbocycles. The van der Waals surface area contributed by atoms with Crippen LogP contribution in [0.2, 0.25) is 0 Å². The number of unbranched alkanes of at least 4 members (excludes halogenated alkanes) is 2. The minimum absolute atomic E-state index is 0.00565. The Bertz CT molecular complexity index is 2750. The number of aliphatic hydroxyl groups excluding tert-OH is 7. The Hall–Kier alpha value is -3.81. The number of aliphatic hydroxyl groups is 8. The maximum absolute atomic E-state index is 10.9. The predicted octanol–water partition coefficient (Wildman–Crippen LogP) is 13.5. The molecule has 0 aliphatic heterocycles. The van der Waals surface area contributed by atoms with Gasteiger partial charge < -0.3 is 138 Å². The third-order valence-corrected chi connectivity index (χ3v) is 21.5. The summed E-state index contributed by atoms with van der Waals surface area (Å²) in [4.78, 5) is 90.1. The summed E-state index contributed by atoms with van der Waals surface area (Å²) >= 11 is -1.59. The van der Waals surface area contributed by atoms with Crippen LogP contribution in [-0.2, 0) is 103 Å². The number of esters is 2. The van der Waals surface area contributed by atoms with E-state index in [1.807, 2.05) is 115 Å². The third-order valence-electron chi connectivity index (χ3n) is 17.1. The van der Waals surface area contributed by atoms with Crippen molar-refractivity contribution in [2.75, 3.05) is 145 Å². The fourth-order valence-corrected chi connectivity index (χ4v) is 11.7. The largest absolute Gasteiger partial charge is 0.481 e. The second-order valence-electron chi connectivity index (χ2n) is 35.9. The molecule has 7 atom stereocenters. The molecule has 0 bridgehead atoms. The number of carbonyl (C=O) groups is 5. The Balaban J connectivity index is -0.000000141. The van der Waals surface area contributed by atoms with Crippen LogP contribution >= 0.6 is 15.2 Å². The van der Waals surface area contributed by atoms with E-state index in [0.29, 0.717) is 166 Å². The molecule has 1 heterocycles.